The van der Waals surface area contributed by atoms with Gasteiger partial charge >= 0.3 is 0 Å². The normalized spacial score (nSPS) is 34.8. The van der Waals surface area contributed by atoms with Crippen LogP contribution < -0.4 is 10.6 Å². The summed E-state index contributed by atoms with van der Waals surface area (Å²) in [5.74, 6) is 1.66. The van der Waals surface area contributed by atoms with Crippen molar-refractivity contribution in [1.29, 1.82) is 0 Å². The molecule has 1 heterocycles. The van der Waals surface area contributed by atoms with Crippen molar-refractivity contribution >= 4 is 5.96 Å². The minimum absolute atomic E-state index is 0.202. The molecule has 4 nitrogen and oxygen atoms in total. The molecule has 2 saturated carbocycles. The van der Waals surface area contributed by atoms with Crippen LogP contribution in [0.1, 0.15) is 66.2 Å². The van der Waals surface area contributed by atoms with Crippen LogP contribution in [0, 0.1) is 16.7 Å². The molecule has 4 heteroatoms. The summed E-state index contributed by atoms with van der Waals surface area (Å²) in [4.78, 5) is 4.99. The predicted molar refractivity (Wildman–Crippen MR) is 95.7 cm³/mol. The molecule has 3 atom stereocenters. The van der Waals surface area contributed by atoms with Gasteiger partial charge in [0, 0.05) is 37.1 Å². The number of ether oxygens (including phenoxy) is 1. The van der Waals surface area contributed by atoms with Crippen molar-refractivity contribution in [3.05, 3.63) is 0 Å². The van der Waals surface area contributed by atoms with E-state index in [1.807, 2.05) is 0 Å². The zero-order chi connectivity index (χ0) is 16.5. The first kappa shape index (κ1) is 17.1. The topological polar surface area (TPSA) is 45.7 Å². The Morgan fingerprint density at radius 1 is 1.22 bits per heavy atom. The van der Waals surface area contributed by atoms with Gasteiger partial charge in [0.15, 0.2) is 5.96 Å². The number of rotatable bonds is 5. The average Bonchev–Trinajstić information content (AvgIpc) is 3.18. The molecule has 23 heavy (non-hydrogen) atoms. The van der Waals surface area contributed by atoms with Crippen molar-refractivity contribution in [2.24, 2.45) is 21.7 Å². The van der Waals surface area contributed by atoms with E-state index in [4.69, 9.17) is 9.73 Å². The molecule has 1 aliphatic heterocycles. The van der Waals surface area contributed by atoms with Gasteiger partial charge in [-0.1, -0.05) is 33.6 Å². The quantitative estimate of drug-likeness (QED) is 0.603. The van der Waals surface area contributed by atoms with Crippen LogP contribution in [0.5, 0.6) is 0 Å². The van der Waals surface area contributed by atoms with Crippen molar-refractivity contribution in [3.63, 3.8) is 0 Å². The van der Waals surface area contributed by atoms with Crippen LogP contribution >= 0.6 is 0 Å². The van der Waals surface area contributed by atoms with Gasteiger partial charge in [-0.15, -0.1) is 0 Å². The van der Waals surface area contributed by atoms with E-state index in [0.717, 1.165) is 25.7 Å². The third kappa shape index (κ3) is 3.11. The van der Waals surface area contributed by atoms with Gasteiger partial charge in [-0.05, 0) is 38.0 Å². The Labute approximate surface area is 141 Å². The van der Waals surface area contributed by atoms with Gasteiger partial charge in [-0.2, -0.15) is 0 Å². The zero-order valence-corrected chi connectivity index (χ0v) is 15.5. The highest BCUT2D eigenvalue weighted by molar-refractivity contribution is 5.80. The number of nitrogens with zero attached hydrogens (tertiary/aromatic N) is 1. The average molecular weight is 322 g/mol. The van der Waals surface area contributed by atoms with E-state index < -0.39 is 0 Å². The van der Waals surface area contributed by atoms with Crippen molar-refractivity contribution in [2.75, 3.05) is 19.7 Å². The van der Waals surface area contributed by atoms with Gasteiger partial charge in [-0.25, -0.2) is 0 Å². The summed E-state index contributed by atoms with van der Waals surface area (Å²) >= 11 is 0. The summed E-state index contributed by atoms with van der Waals surface area (Å²) in [6.45, 7) is 11.9. The lowest BCUT2D eigenvalue weighted by molar-refractivity contribution is -0.106. The van der Waals surface area contributed by atoms with E-state index in [9.17, 15) is 0 Å². The number of aliphatic imine (C=N–C) groups is 1. The number of hydrogen-bond acceptors (Lipinski definition) is 2. The second kappa shape index (κ2) is 6.62. The van der Waals surface area contributed by atoms with Gasteiger partial charge in [0.1, 0.15) is 0 Å². The fourth-order valence-electron chi connectivity index (χ4n) is 5.08. The highest BCUT2D eigenvalue weighted by Crippen LogP contribution is 2.52. The maximum Gasteiger partial charge on any atom is 0.191 e. The lowest BCUT2D eigenvalue weighted by Gasteiger charge is -2.55. The van der Waals surface area contributed by atoms with E-state index in [0.29, 0.717) is 23.5 Å². The monoisotopic (exact) mass is 321 g/mol. The summed E-state index contributed by atoms with van der Waals surface area (Å²) in [5.41, 5.74) is 0.656. The van der Waals surface area contributed by atoms with Crippen LogP contribution in [-0.2, 0) is 4.74 Å². The lowest BCUT2D eigenvalue weighted by Crippen LogP contribution is -2.68. The first-order chi connectivity index (χ1) is 11.0. The van der Waals surface area contributed by atoms with Crippen LogP contribution in [0.2, 0.25) is 0 Å². The summed E-state index contributed by atoms with van der Waals surface area (Å²) in [5, 5.41) is 7.20. The summed E-state index contributed by atoms with van der Waals surface area (Å²) in [6.07, 6.45) is 8.32. The molecule has 3 aliphatic rings. The van der Waals surface area contributed by atoms with Crippen molar-refractivity contribution in [1.82, 2.24) is 10.6 Å². The van der Waals surface area contributed by atoms with E-state index in [-0.39, 0.29) is 5.41 Å². The van der Waals surface area contributed by atoms with E-state index >= 15 is 0 Å². The Hall–Kier alpha value is -0.770. The first-order valence-electron chi connectivity index (χ1n) is 9.69. The van der Waals surface area contributed by atoms with Gasteiger partial charge in [0.2, 0.25) is 0 Å². The highest BCUT2D eigenvalue weighted by atomic mass is 16.5. The summed E-state index contributed by atoms with van der Waals surface area (Å²) in [7, 11) is 0. The minimum atomic E-state index is 0.202. The molecule has 0 aromatic carbocycles. The number of nitrogens with one attached hydrogen (secondary N) is 2. The smallest absolute Gasteiger partial charge is 0.191 e. The highest BCUT2D eigenvalue weighted by Gasteiger charge is 2.59. The molecular weight excluding hydrogens is 286 g/mol. The maximum atomic E-state index is 5.91. The number of guanidine groups is 1. The maximum absolute atomic E-state index is 5.91. The first-order valence-corrected chi connectivity index (χ1v) is 9.69. The third-order valence-electron chi connectivity index (χ3n) is 6.72. The Kier molecular flexibility index (Phi) is 4.91. The molecule has 1 saturated heterocycles. The van der Waals surface area contributed by atoms with Crippen LogP contribution in [-0.4, -0.2) is 37.8 Å². The molecule has 2 N–H and O–H groups in total. The number of fused-ring (bicyclic) bond motifs is 1. The van der Waals surface area contributed by atoms with E-state index in [2.05, 4.69) is 38.3 Å². The van der Waals surface area contributed by atoms with Crippen LogP contribution in [0.15, 0.2) is 4.99 Å². The Morgan fingerprint density at radius 2 is 1.96 bits per heavy atom. The second-order valence-corrected chi connectivity index (χ2v) is 8.44. The van der Waals surface area contributed by atoms with Crippen molar-refractivity contribution in [2.45, 2.75) is 78.4 Å². The van der Waals surface area contributed by atoms with Crippen LogP contribution in [0.3, 0.4) is 0 Å². The third-order valence-corrected chi connectivity index (χ3v) is 6.72. The van der Waals surface area contributed by atoms with Gasteiger partial charge in [0.25, 0.3) is 0 Å². The fraction of sp³-hybridized carbons (Fsp3) is 0.947. The molecular formula is C19H35N3O. The van der Waals surface area contributed by atoms with Crippen molar-refractivity contribution < 1.29 is 4.74 Å². The van der Waals surface area contributed by atoms with Crippen molar-refractivity contribution in [3.8, 4) is 0 Å². The van der Waals surface area contributed by atoms with E-state index in [1.54, 1.807) is 0 Å². The molecule has 0 aromatic heterocycles. The molecule has 3 unspecified atom stereocenters. The summed E-state index contributed by atoms with van der Waals surface area (Å²) in [6, 6.07) is 0.481. The molecule has 0 amide bonds. The van der Waals surface area contributed by atoms with E-state index in [1.165, 1.54) is 38.5 Å². The second-order valence-electron chi connectivity index (χ2n) is 8.44. The largest absolute Gasteiger partial charge is 0.377 e. The van der Waals surface area contributed by atoms with Gasteiger partial charge in [0.05, 0.1) is 6.10 Å². The zero-order valence-electron chi connectivity index (χ0n) is 15.5. The standard InChI is InChI=1S/C19H35N3O/c1-5-19(10-7-8-11-19)13-21-17(20-6-2)22-15-14-9-12-23-16(14)18(15,3)4/h14-16H,5-13H2,1-4H3,(H2,20,21,22). The van der Waals surface area contributed by atoms with Gasteiger partial charge < -0.3 is 15.4 Å². The summed E-state index contributed by atoms with van der Waals surface area (Å²) < 4.78 is 5.91. The molecule has 2 aliphatic carbocycles. The molecule has 3 fully saturated rings. The molecule has 0 aromatic rings. The fourth-order valence-corrected chi connectivity index (χ4v) is 5.08. The molecule has 0 spiro atoms. The van der Waals surface area contributed by atoms with Crippen LogP contribution in [0.25, 0.3) is 0 Å². The van der Waals surface area contributed by atoms with Crippen LogP contribution in [0.4, 0.5) is 0 Å². The molecule has 3 rings (SSSR count). The Balaban J connectivity index is 1.65. The Morgan fingerprint density at radius 3 is 2.61 bits per heavy atom. The van der Waals surface area contributed by atoms with Gasteiger partial charge in [-0.3, -0.25) is 4.99 Å². The Bertz CT molecular complexity index is 440. The predicted octanol–water partition coefficient (Wildman–Crippen LogP) is 3.33. The lowest BCUT2D eigenvalue weighted by atomic mass is 9.57. The molecule has 0 bridgehead atoms. The number of hydrogen-bond donors (Lipinski definition) is 2. The SMILES string of the molecule is CCNC(=NCC1(CC)CCCC1)NC1C2CCOC2C1(C)C. The minimum Gasteiger partial charge on any atom is -0.377 e. The molecule has 0 radical (unpaired) electrons. The molecule has 132 valence electrons.